The lowest BCUT2D eigenvalue weighted by molar-refractivity contribution is 0.178. The van der Waals surface area contributed by atoms with Crippen LogP contribution in [0.5, 0.6) is 0 Å². The van der Waals surface area contributed by atoms with Crippen LogP contribution in [-0.2, 0) is 13.5 Å². The minimum absolute atomic E-state index is 0.456. The molecule has 0 amide bonds. The molecule has 1 unspecified atom stereocenters. The van der Waals surface area contributed by atoms with Gasteiger partial charge >= 0.3 is 0 Å². The molecule has 1 aliphatic rings. The molecule has 0 aliphatic heterocycles. The van der Waals surface area contributed by atoms with E-state index in [2.05, 4.69) is 36.3 Å². The van der Waals surface area contributed by atoms with Gasteiger partial charge in [0.05, 0.1) is 11.8 Å². The normalized spacial score (nSPS) is 16.8. The van der Waals surface area contributed by atoms with Crippen LogP contribution in [0, 0.1) is 13.8 Å². The average Bonchev–Trinajstić information content (AvgIpc) is 2.64. The molecule has 1 N–H and O–H groups in total. The van der Waals surface area contributed by atoms with Crippen LogP contribution in [0.4, 0.5) is 0 Å². The highest BCUT2D eigenvalue weighted by Gasteiger charge is 2.20. The van der Waals surface area contributed by atoms with E-state index in [0.29, 0.717) is 6.42 Å². The summed E-state index contributed by atoms with van der Waals surface area (Å²) in [6.45, 7) is 4.07. The monoisotopic (exact) mass is 284 g/mol. The van der Waals surface area contributed by atoms with Gasteiger partial charge in [0.15, 0.2) is 0 Å². The highest BCUT2D eigenvalue weighted by atomic mass is 16.3. The molecule has 1 atom stereocenters. The molecule has 1 fully saturated rings. The van der Waals surface area contributed by atoms with Crippen molar-refractivity contribution < 1.29 is 5.11 Å². The van der Waals surface area contributed by atoms with Gasteiger partial charge in [-0.05, 0) is 49.3 Å². The van der Waals surface area contributed by atoms with Crippen LogP contribution in [-0.4, -0.2) is 14.9 Å². The zero-order valence-electron chi connectivity index (χ0n) is 13.1. The minimum atomic E-state index is -0.456. The van der Waals surface area contributed by atoms with Gasteiger partial charge in [0.25, 0.3) is 0 Å². The summed E-state index contributed by atoms with van der Waals surface area (Å²) in [5.41, 5.74) is 5.73. The van der Waals surface area contributed by atoms with Gasteiger partial charge in [0.1, 0.15) is 0 Å². The molecular weight excluding hydrogens is 260 g/mol. The largest absolute Gasteiger partial charge is 0.388 e. The first-order valence-corrected chi connectivity index (χ1v) is 7.83. The fourth-order valence-electron chi connectivity index (χ4n) is 3.16. The molecule has 112 valence electrons. The molecule has 1 aromatic carbocycles. The van der Waals surface area contributed by atoms with Crippen molar-refractivity contribution in [2.24, 2.45) is 7.05 Å². The van der Waals surface area contributed by atoms with E-state index in [1.807, 2.05) is 18.7 Å². The third-order valence-corrected chi connectivity index (χ3v) is 4.95. The van der Waals surface area contributed by atoms with E-state index in [1.165, 1.54) is 24.8 Å². The van der Waals surface area contributed by atoms with Crippen LogP contribution in [0.15, 0.2) is 24.3 Å². The first-order chi connectivity index (χ1) is 10.1. The number of aryl methyl sites for hydroxylation is 2. The van der Waals surface area contributed by atoms with Crippen LogP contribution < -0.4 is 0 Å². The van der Waals surface area contributed by atoms with Gasteiger partial charge in [-0.2, -0.15) is 5.10 Å². The summed E-state index contributed by atoms with van der Waals surface area (Å²) in [5.74, 6) is 0.749. The topological polar surface area (TPSA) is 38.0 Å². The fourth-order valence-corrected chi connectivity index (χ4v) is 3.16. The average molecular weight is 284 g/mol. The molecule has 0 radical (unpaired) electrons. The van der Waals surface area contributed by atoms with Crippen molar-refractivity contribution in [1.82, 2.24) is 9.78 Å². The first kappa shape index (κ1) is 14.3. The molecule has 3 nitrogen and oxygen atoms in total. The first-order valence-electron chi connectivity index (χ1n) is 7.83. The van der Waals surface area contributed by atoms with E-state index in [-0.39, 0.29) is 0 Å². The Hall–Kier alpha value is -1.61. The van der Waals surface area contributed by atoms with Crippen LogP contribution in [0.3, 0.4) is 0 Å². The third-order valence-electron chi connectivity index (χ3n) is 4.95. The molecule has 1 aliphatic carbocycles. The fraction of sp³-hybridized carbons (Fsp3) is 0.500. The van der Waals surface area contributed by atoms with Crippen molar-refractivity contribution in [2.75, 3.05) is 0 Å². The van der Waals surface area contributed by atoms with Gasteiger partial charge in [0.2, 0.25) is 0 Å². The molecule has 1 saturated carbocycles. The van der Waals surface area contributed by atoms with Gasteiger partial charge in [-0.15, -0.1) is 0 Å². The maximum absolute atomic E-state index is 10.5. The van der Waals surface area contributed by atoms with Crippen molar-refractivity contribution >= 4 is 0 Å². The van der Waals surface area contributed by atoms with E-state index in [4.69, 9.17) is 0 Å². The van der Waals surface area contributed by atoms with Gasteiger partial charge in [0, 0.05) is 19.2 Å². The number of hydrogen-bond donors (Lipinski definition) is 1. The number of nitrogens with zero attached hydrogens (tertiary/aromatic N) is 2. The van der Waals surface area contributed by atoms with Crippen molar-refractivity contribution in [2.45, 2.75) is 51.6 Å². The van der Waals surface area contributed by atoms with Crippen molar-refractivity contribution in [3.8, 4) is 0 Å². The lowest BCUT2D eigenvalue weighted by Crippen LogP contribution is -2.09. The van der Waals surface area contributed by atoms with E-state index < -0.39 is 6.10 Å². The zero-order valence-corrected chi connectivity index (χ0v) is 13.1. The highest BCUT2D eigenvalue weighted by molar-refractivity contribution is 5.31. The lowest BCUT2D eigenvalue weighted by Gasteiger charge is -2.26. The van der Waals surface area contributed by atoms with Crippen LogP contribution >= 0.6 is 0 Å². The Bertz CT molecular complexity index is 623. The summed E-state index contributed by atoms with van der Waals surface area (Å²) >= 11 is 0. The minimum Gasteiger partial charge on any atom is -0.388 e. The van der Waals surface area contributed by atoms with Gasteiger partial charge in [-0.25, -0.2) is 0 Å². The molecule has 1 aromatic heterocycles. The molecular formula is C18H24N2O. The predicted octanol–water partition coefficient (Wildman–Crippen LogP) is 3.58. The predicted molar refractivity (Wildman–Crippen MR) is 84.4 cm³/mol. The van der Waals surface area contributed by atoms with Gasteiger partial charge in [-0.1, -0.05) is 30.7 Å². The number of aliphatic hydroxyl groups excluding tert-OH is 1. The summed E-state index contributed by atoms with van der Waals surface area (Å²) in [4.78, 5) is 0. The van der Waals surface area contributed by atoms with Crippen molar-refractivity contribution in [1.29, 1.82) is 0 Å². The maximum atomic E-state index is 10.5. The highest BCUT2D eigenvalue weighted by Crippen LogP contribution is 2.36. The lowest BCUT2D eigenvalue weighted by atomic mass is 9.80. The van der Waals surface area contributed by atoms with E-state index in [1.54, 1.807) is 0 Å². The Balaban J connectivity index is 1.74. The smallest absolute Gasteiger partial charge is 0.0831 e. The molecule has 3 rings (SSSR count). The zero-order chi connectivity index (χ0) is 15.0. The number of rotatable bonds is 4. The van der Waals surface area contributed by atoms with Gasteiger partial charge < -0.3 is 5.11 Å². The van der Waals surface area contributed by atoms with Gasteiger partial charge in [-0.3, -0.25) is 4.68 Å². The molecule has 3 heteroatoms. The summed E-state index contributed by atoms with van der Waals surface area (Å²) < 4.78 is 1.89. The quantitative estimate of drug-likeness (QED) is 0.932. The van der Waals surface area contributed by atoms with E-state index in [0.717, 1.165) is 28.4 Å². The summed E-state index contributed by atoms with van der Waals surface area (Å²) in [7, 11) is 1.95. The number of aliphatic hydroxyl groups is 1. The number of benzene rings is 1. The second-order valence-electron chi connectivity index (χ2n) is 6.29. The standard InChI is InChI=1S/C18H24N2O/c1-12-17(13(2)20(3)19-12)11-18(21)16-9-7-15(8-10-16)14-5-4-6-14/h7-10,14,18,21H,4-6,11H2,1-3H3. The van der Waals surface area contributed by atoms with Crippen molar-refractivity contribution in [3.05, 3.63) is 52.3 Å². The Labute approximate surface area is 126 Å². The molecule has 0 bridgehead atoms. The number of aromatic nitrogens is 2. The Morgan fingerprint density at radius 1 is 1.24 bits per heavy atom. The molecule has 0 spiro atoms. The summed E-state index contributed by atoms with van der Waals surface area (Å²) in [6, 6.07) is 8.54. The third kappa shape index (κ3) is 2.75. The molecule has 2 aromatic rings. The Morgan fingerprint density at radius 3 is 2.38 bits per heavy atom. The summed E-state index contributed by atoms with van der Waals surface area (Å²) in [5, 5.41) is 14.9. The SMILES string of the molecule is Cc1nn(C)c(C)c1CC(O)c1ccc(C2CCC2)cc1. The Kier molecular flexibility index (Phi) is 3.85. The van der Waals surface area contributed by atoms with Crippen LogP contribution in [0.1, 0.15) is 59.4 Å². The van der Waals surface area contributed by atoms with Crippen LogP contribution in [0.25, 0.3) is 0 Å². The number of hydrogen-bond acceptors (Lipinski definition) is 2. The van der Waals surface area contributed by atoms with Crippen molar-refractivity contribution in [3.63, 3.8) is 0 Å². The van der Waals surface area contributed by atoms with Crippen LogP contribution in [0.2, 0.25) is 0 Å². The molecule has 1 heterocycles. The Morgan fingerprint density at radius 2 is 1.90 bits per heavy atom. The molecule has 21 heavy (non-hydrogen) atoms. The van der Waals surface area contributed by atoms with E-state index >= 15 is 0 Å². The summed E-state index contributed by atoms with van der Waals surface area (Å²) in [6.07, 6.45) is 4.16. The van der Waals surface area contributed by atoms with E-state index in [9.17, 15) is 5.11 Å². The maximum Gasteiger partial charge on any atom is 0.0831 e. The molecule has 0 saturated heterocycles. The second-order valence-corrected chi connectivity index (χ2v) is 6.29. The second kappa shape index (κ2) is 5.64.